The van der Waals surface area contributed by atoms with Crippen LogP contribution in [0.15, 0.2) is 35.5 Å². The molecule has 3 aromatic heterocycles. The molecule has 0 aliphatic heterocycles. The second-order valence-electron chi connectivity index (χ2n) is 7.80. The number of aromatic nitrogens is 5. The maximum atomic E-state index is 12.8. The van der Waals surface area contributed by atoms with Gasteiger partial charge in [-0.2, -0.15) is 23.7 Å². The Morgan fingerprint density at radius 3 is 2.32 bits per heavy atom. The third-order valence-electron chi connectivity index (χ3n) is 5.63. The first kappa shape index (κ1) is 26.9. The van der Waals surface area contributed by atoms with E-state index in [0.717, 1.165) is 18.7 Å². The van der Waals surface area contributed by atoms with Crippen molar-refractivity contribution in [3.8, 4) is 12.1 Å². The molecule has 13 heteroatoms. The zero-order valence-corrected chi connectivity index (χ0v) is 19.9. The molecule has 3 aromatic rings. The molecular weight excluding hydrogens is 487 g/mol. The van der Waals surface area contributed by atoms with Crippen molar-refractivity contribution in [2.75, 3.05) is 5.32 Å². The Bertz CT molecular complexity index is 1400. The van der Waals surface area contributed by atoms with E-state index >= 15 is 0 Å². The molecule has 1 aliphatic rings. The number of alkyl halides is 3. The van der Waals surface area contributed by atoms with Gasteiger partial charge in [-0.1, -0.05) is 19.9 Å². The summed E-state index contributed by atoms with van der Waals surface area (Å²) in [5.41, 5.74) is -1.92. The van der Waals surface area contributed by atoms with Crippen LogP contribution in [0.4, 0.5) is 19.0 Å². The Balaban J connectivity index is 0.00000186. The van der Waals surface area contributed by atoms with Gasteiger partial charge in [0.25, 0.3) is 5.56 Å². The van der Waals surface area contributed by atoms with Gasteiger partial charge in [0.05, 0.1) is 5.56 Å². The lowest BCUT2D eigenvalue weighted by Crippen LogP contribution is -2.30. The van der Waals surface area contributed by atoms with Crippen LogP contribution in [0.5, 0.6) is 0 Å². The van der Waals surface area contributed by atoms with E-state index in [1.807, 2.05) is 19.9 Å². The zero-order valence-electron chi connectivity index (χ0n) is 19.9. The second-order valence-corrected chi connectivity index (χ2v) is 7.80. The van der Waals surface area contributed by atoms with Gasteiger partial charge in [-0.15, -0.1) is 0 Å². The molecular formula is C24H22F3N9O. The molecule has 1 aliphatic carbocycles. The van der Waals surface area contributed by atoms with Crippen molar-refractivity contribution in [1.82, 2.24) is 24.9 Å². The van der Waals surface area contributed by atoms with Crippen molar-refractivity contribution in [3.05, 3.63) is 75.1 Å². The molecule has 0 bridgehead atoms. The average molecular weight is 509 g/mol. The molecule has 190 valence electrons. The summed E-state index contributed by atoms with van der Waals surface area (Å²) in [6.07, 6.45) is 0.711. The summed E-state index contributed by atoms with van der Waals surface area (Å²) in [5.74, 6) is 0.374. The van der Waals surface area contributed by atoms with Crippen LogP contribution >= 0.6 is 0 Å². The molecule has 3 N–H and O–H groups in total. The van der Waals surface area contributed by atoms with Crippen molar-refractivity contribution >= 4 is 11.5 Å². The van der Waals surface area contributed by atoms with E-state index < -0.39 is 23.1 Å². The van der Waals surface area contributed by atoms with Crippen LogP contribution in [-0.2, 0) is 12.7 Å². The molecule has 2 unspecified atom stereocenters. The highest BCUT2D eigenvalue weighted by molar-refractivity contribution is 6.12. The third kappa shape index (κ3) is 5.95. The van der Waals surface area contributed by atoms with Crippen molar-refractivity contribution in [2.45, 2.75) is 51.2 Å². The number of halogens is 3. The predicted molar refractivity (Wildman–Crippen MR) is 127 cm³/mol. The molecule has 1 saturated carbocycles. The van der Waals surface area contributed by atoms with Crippen LogP contribution in [0.1, 0.15) is 72.6 Å². The summed E-state index contributed by atoms with van der Waals surface area (Å²) < 4.78 is 38.2. The Labute approximate surface area is 209 Å². The summed E-state index contributed by atoms with van der Waals surface area (Å²) in [4.78, 5) is 31.7. The lowest BCUT2D eigenvalue weighted by atomic mass is 9.72. The Morgan fingerprint density at radius 1 is 1.14 bits per heavy atom. The zero-order chi connectivity index (χ0) is 27.2. The number of nitrogens with zero attached hydrogens (tertiary/aromatic N) is 6. The number of pyridine rings is 1. The molecule has 0 spiro atoms. The van der Waals surface area contributed by atoms with Gasteiger partial charge in [-0.3, -0.25) is 15.2 Å². The van der Waals surface area contributed by atoms with Gasteiger partial charge in [-0.25, -0.2) is 15.0 Å². The molecule has 4 rings (SSSR count). The van der Waals surface area contributed by atoms with Crippen LogP contribution in [0, 0.1) is 28.1 Å². The Morgan fingerprint density at radius 2 is 1.81 bits per heavy atom. The summed E-state index contributed by atoms with van der Waals surface area (Å²) >= 11 is 0. The van der Waals surface area contributed by atoms with E-state index in [0.29, 0.717) is 29.2 Å². The van der Waals surface area contributed by atoms with Crippen LogP contribution in [-0.4, -0.2) is 30.6 Å². The molecule has 0 saturated heterocycles. The maximum absolute atomic E-state index is 12.8. The number of H-pyrrole nitrogens is 1. The minimum atomic E-state index is -4.57. The summed E-state index contributed by atoms with van der Waals surface area (Å²) in [6, 6.07) is 5.62. The fourth-order valence-electron chi connectivity index (χ4n) is 3.69. The molecule has 0 radical (unpaired) electrons. The van der Waals surface area contributed by atoms with E-state index in [1.165, 1.54) is 18.5 Å². The fourth-order valence-corrected chi connectivity index (χ4v) is 3.69. The normalized spacial score (nSPS) is 16.3. The van der Waals surface area contributed by atoms with Gasteiger partial charge in [0.1, 0.15) is 46.6 Å². The van der Waals surface area contributed by atoms with Crippen molar-refractivity contribution in [2.24, 2.45) is 0 Å². The smallest absolute Gasteiger partial charge is 0.365 e. The predicted octanol–water partition coefficient (Wildman–Crippen LogP) is 4.04. The second kappa shape index (κ2) is 11.4. The topological polar surface area (TPSA) is 168 Å². The molecule has 2 atom stereocenters. The van der Waals surface area contributed by atoms with Gasteiger partial charge < -0.3 is 10.3 Å². The van der Waals surface area contributed by atoms with E-state index in [2.05, 4.69) is 30.2 Å². The molecule has 3 heterocycles. The van der Waals surface area contributed by atoms with Gasteiger partial charge in [0.15, 0.2) is 0 Å². The lowest BCUT2D eigenvalue weighted by molar-refractivity contribution is -0.141. The van der Waals surface area contributed by atoms with E-state index in [1.54, 1.807) is 6.07 Å². The highest BCUT2D eigenvalue weighted by Gasteiger charge is 2.38. The SMILES string of the molecule is CC.N#CC(=N)c1c(NCc2ccc(C(F)(F)F)nc2)nc(C2CCC2c2ncc(C#N)cn2)[nH]c1=O. The van der Waals surface area contributed by atoms with Crippen LogP contribution < -0.4 is 10.9 Å². The quantitative estimate of drug-likeness (QED) is 0.418. The highest BCUT2D eigenvalue weighted by Crippen LogP contribution is 2.46. The number of nitriles is 2. The molecule has 37 heavy (non-hydrogen) atoms. The number of hydrogen-bond donors (Lipinski definition) is 3. The van der Waals surface area contributed by atoms with E-state index in [4.69, 9.17) is 15.9 Å². The van der Waals surface area contributed by atoms with Gasteiger partial charge in [0.2, 0.25) is 0 Å². The number of aromatic amines is 1. The van der Waals surface area contributed by atoms with E-state index in [9.17, 15) is 18.0 Å². The first-order valence-electron chi connectivity index (χ1n) is 11.3. The number of nitrogens with one attached hydrogen (secondary N) is 3. The van der Waals surface area contributed by atoms with Crippen molar-refractivity contribution < 1.29 is 13.2 Å². The fraction of sp³-hybridized carbons (Fsp3) is 0.333. The molecule has 0 amide bonds. The first-order chi connectivity index (χ1) is 17.7. The van der Waals surface area contributed by atoms with Crippen LogP contribution in [0.3, 0.4) is 0 Å². The molecule has 10 nitrogen and oxygen atoms in total. The average Bonchev–Trinajstić information content (AvgIpc) is 2.87. The Hall–Kier alpha value is -4.65. The van der Waals surface area contributed by atoms with Gasteiger partial charge in [0, 0.05) is 37.0 Å². The maximum Gasteiger partial charge on any atom is 0.433 e. The monoisotopic (exact) mass is 509 g/mol. The highest BCUT2D eigenvalue weighted by atomic mass is 19.4. The largest absolute Gasteiger partial charge is 0.433 e. The van der Waals surface area contributed by atoms with Gasteiger partial charge in [-0.05, 0) is 24.5 Å². The minimum absolute atomic E-state index is 0.0402. The standard InChI is InChI=1S/C22H16F3N9O.C2H6/c23-22(24,25)16-4-1-11(7-29-16)8-32-20-17(15(28)6-27)21(35)34-19(33-20)14-3-2-13(14)18-30-9-12(5-26)10-31-18;1-2/h1,4,7,9-10,13-14,28H,2-3,8H2,(H2,32,33,34,35);1-2H3. The van der Waals surface area contributed by atoms with Crippen molar-refractivity contribution in [1.29, 1.82) is 15.9 Å². The van der Waals surface area contributed by atoms with Gasteiger partial charge >= 0.3 is 6.18 Å². The Kier molecular flexibility index (Phi) is 8.30. The lowest BCUT2D eigenvalue weighted by Gasteiger charge is -2.34. The van der Waals surface area contributed by atoms with E-state index in [-0.39, 0.29) is 29.8 Å². The summed E-state index contributed by atoms with van der Waals surface area (Å²) in [6.45, 7) is 3.96. The number of anilines is 1. The summed E-state index contributed by atoms with van der Waals surface area (Å²) in [7, 11) is 0. The van der Waals surface area contributed by atoms with Crippen LogP contribution in [0.2, 0.25) is 0 Å². The number of rotatable bonds is 6. The van der Waals surface area contributed by atoms with Crippen molar-refractivity contribution in [3.63, 3.8) is 0 Å². The summed E-state index contributed by atoms with van der Waals surface area (Å²) in [5, 5.41) is 28.8. The number of hydrogen-bond acceptors (Lipinski definition) is 9. The van der Waals surface area contributed by atoms with Crippen LogP contribution in [0.25, 0.3) is 0 Å². The third-order valence-corrected chi connectivity index (χ3v) is 5.63. The molecule has 1 fully saturated rings. The first-order valence-corrected chi connectivity index (χ1v) is 11.3. The molecule has 0 aromatic carbocycles. The minimum Gasteiger partial charge on any atom is -0.365 e.